The molecule has 0 aliphatic rings. The Morgan fingerprint density at radius 2 is 1.81 bits per heavy atom. The molecule has 0 unspecified atom stereocenters. The zero-order chi connectivity index (χ0) is 26.0. The Bertz CT molecular complexity index is 1590. The lowest BCUT2D eigenvalue weighted by Crippen LogP contribution is -2.25. The van der Waals surface area contributed by atoms with Gasteiger partial charge in [-0.2, -0.15) is 23.3 Å². The van der Waals surface area contributed by atoms with Gasteiger partial charge in [0.05, 0.1) is 23.9 Å². The van der Waals surface area contributed by atoms with Crippen LogP contribution in [0.25, 0.3) is 22.6 Å². The number of fused-ring (bicyclic) bond motifs is 1. The van der Waals surface area contributed by atoms with Gasteiger partial charge in [0.1, 0.15) is 5.82 Å². The van der Waals surface area contributed by atoms with Crippen LogP contribution in [0.3, 0.4) is 0 Å². The lowest BCUT2D eigenvalue weighted by Gasteiger charge is -2.13. The lowest BCUT2D eigenvalue weighted by molar-refractivity contribution is -0.137. The van der Waals surface area contributed by atoms with Crippen molar-refractivity contribution < 1.29 is 13.2 Å². The number of nitrogens with zero attached hydrogens (tertiary/aromatic N) is 5. The largest absolute Gasteiger partial charge is 0.416 e. The summed E-state index contributed by atoms with van der Waals surface area (Å²) < 4.78 is 42.5. The Labute approximate surface area is 209 Å². The standard InChI is InChI=1S/C26H24F3N7O/c1-2-11-36-24(37)21-23(34-25(36)30-13-18-9-6-10-20(12-18)26(27,28)29)33-22(32-21)19-14-31-35(16-19)15-17-7-4-3-5-8-17/h3-10,12,14,16H,2,11,13,15H2,1H3,(H,30,34)(H,32,33). The molecule has 0 atom stereocenters. The van der Waals surface area contributed by atoms with E-state index in [0.717, 1.165) is 17.7 Å². The molecule has 190 valence electrons. The summed E-state index contributed by atoms with van der Waals surface area (Å²) in [7, 11) is 0. The van der Waals surface area contributed by atoms with Crippen molar-refractivity contribution in [2.75, 3.05) is 5.32 Å². The zero-order valence-corrected chi connectivity index (χ0v) is 20.0. The van der Waals surface area contributed by atoms with Gasteiger partial charge >= 0.3 is 6.18 Å². The van der Waals surface area contributed by atoms with Crippen LogP contribution in [0.2, 0.25) is 0 Å². The van der Waals surface area contributed by atoms with Crippen LogP contribution in [0.15, 0.2) is 71.8 Å². The first kappa shape index (κ1) is 24.3. The molecule has 0 bridgehead atoms. The average Bonchev–Trinajstić information content (AvgIpc) is 3.52. The Balaban J connectivity index is 1.43. The third kappa shape index (κ3) is 5.25. The van der Waals surface area contributed by atoms with Crippen LogP contribution >= 0.6 is 0 Å². The summed E-state index contributed by atoms with van der Waals surface area (Å²) in [6, 6.07) is 14.9. The smallest absolute Gasteiger partial charge is 0.351 e. The molecule has 8 nitrogen and oxygen atoms in total. The van der Waals surface area contributed by atoms with E-state index in [4.69, 9.17) is 0 Å². The van der Waals surface area contributed by atoms with E-state index in [1.165, 1.54) is 10.6 Å². The van der Waals surface area contributed by atoms with Crippen molar-refractivity contribution in [2.45, 2.75) is 39.2 Å². The van der Waals surface area contributed by atoms with Crippen molar-refractivity contribution in [2.24, 2.45) is 0 Å². The minimum Gasteiger partial charge on any atom is -0.351 e. The predicted octanol–water partition coefficient (Wildman–Crippen LogP) is 5.07. The number of benzene rings is 2. The average molecular weight is 508 g/mol. The monoisotopic (exact) mass is 507 g/mol. The van der Waals surface area contributed by atoms with Gasteiger partial charge < -0.3 is 10.3 Å². The van der Waals surface area contributed by atoms with Gasteiger partial charge in [-0.05, 0) is 29.7 Å². The number of hydrogen-bond donors (Lipinski definition) is 2. The fourth-order valence-electron chi connectivity index (χ4n) is 4.07. The van der Waals surface area contributed by atoms with Gasteiger partial charge in [-0.15, -0.1) is 0 Å². The molecule has 0 spiro atoms. The fraction of sp³-hybridized carbons (Fsp3) is 0.231. The SMILES string of the molecule is CCCn1c(NCc2cccc(C(F)(F)F)c2)nc2nc(-c3cnn(Cc4ccccc4)c3)[nH]c2c1=O. The van der Waals surface area contributed by atoms with Crippen LogP contribution in [0.5, 0.6) is 0 Å². The minimum absolute atomic E-state index is 0.0646. The van der Waals surface area contributed by atoms with Crippen molar-refractivity contribution in [1.29, 1.82) is 0 Å². The first-order chi connectivity index (χ1) is 17.8. The second-order valence-corrected chi connectivity index (χ2v) is 8.64. The lowest BCUT2D eigenvalue weighted by atomic mass is 10.1. The van der Waals surface area contributed by atoms with Crippen LogP contribution in [-0.4, -0.2) is 29.3 Å². The summed E-state index contributed by atoms with van der Waals surface area (Å²) in [5.41, 5.74) is 1.65. The highest BCUT2D eigenvalue weighted by molar-refractivity contribution is 5.76. The summed E-state index contributed by atoms with van der Waals surface area (Å²) in [5, 5.41) is 7.41. The maximum atomic E-state index is 13.3. The van der Waals surface area contributed by atoms with Crippen molar-refractivity contribution in [3.63, 3.8) is 0 Å². The molecule has 0 fully saturated rings. The summed E-state index contributed by atoms with van der Waals surface area (Å²) in [6.07, 6.45) is -0.267. The number of halogens is 3. The van der Waals surface area contributed by atoms with Gasteiger partial charge in [0, 0.05) is 19.3 Å². The Hall–Kier alpha value is -4.41. The number of aromatic nitrogens is 6. The van der Waals surface area contributed by atoms with Gasteiger partial charge in [0.15, 0.2) is 11.2 Å². The molecular weight excluding hydrogens is 483 g/mol. The van der Waals surface area contributed by atoms with Crippen molar-refractivity contribution in [3.05, 3.63) is 94.0 Å². The van der Waals surface area contributed by atoms with Gasteiger partial charge in [0.2, 0.25) is 5.95 Å². The van der Waals surface area contributed by atoms with Crippen LogP contribution < -0.4 is 10.9 Å². The minimum atomic E-state index is -4.43. The van der Waals surface area contributed by atoms with E-state index in [-0.39, 0.29) is 29.2 Å². The van der Waals surface area contributed by atoms with Gasteiger partial charge in [-0.25, -0.2) is 4.98 Å². The topological polar surface area (TPSA) is 93.4 Å². The molecule has 0 amide bonds. The molecule has 11 heteroatoms. The normalized spacial score (nSPS) is 11.8. The quantitative estimate of drug-likeness (QED) is 0.306. The van der Waals surface area contributed by atoms with Gasteiger partial charge in [-0.1, -0.05) is 49.4 Å². The molecule has 5 aromatic rings. The molecule has 2 aromatic carbocycles. The number of rotatable bonds is 8. The number of H-pyrrole nitrogens is 1. The summed E-state index contributed by atoms with van der Waals surface area (Å²) in [6.45, 7) is 2.96. The molecule has 3 aromatic heterocycles. The molecule has 3 heterocycles. The molecule has 37 heavy (non-hydrogen) atoms. The van der Waals surface area contributed by atoms with E-state index in [1.54, 1.807) is 16.9 Å². The molecule has 2 N–H and O–H groups in total. The number of aromatic amines is 1. The highest BCUT2D eigenvalue weighted by atomic mass is 19.4. The molecule has 0 saturated carbocycles. The van der Waals surface area contributed by atoms with Crippen LogP contribution in [0.1, 0.15) is 30.0 Å². The molecule has 5 rings (SSSR count). The molecular formula is C26H24F3N7O. The number of anilines is 1. The van der Waals surface area contributed by atoms with Crippen molar-refractivity contribution in [1.82, 2.24) is 29.3 Å². The third-order valence-corrected chi connectivity index (χ3v) is 5.86. The first-order valence-electron chi connectivity index (χ1n) is 11.8. The summed E-state index contributed by atoms with van der Waals surface area (Å²) >= 11 is 0. The summed E-state index contributed by atoms with van der Waals surface area (Å²) in [5.74, 6) is 0.701. The number of alkyl halides is 3. The maximum absolute atomic E-state index is 13.3. The van der Waals surface area contributed by atoms with Crippen molar-refractivity contribution in [3.8, 4) is 11.4 Å². The Morgan fingerprint density at radius 1 is 1.03 bits per heavy atom. The highest BCUT2D eigenvalue weighted by Crippen LogP contribution is 2.29. The Kier molecular flexibility index (Phi) is 6.51. The van der Waals surface area contributed by atoms with Crippen molar-refractivity contribution >= 4 is 17.1 Å². The van der Waals surface area contributed by atoms with Crippen LogP contribution in [0, 0.1) is 0 Å². The van der Waals surface area contributed by atoms with E-state index in [1.807, 2.05) is 43.5 Å². The van der Waals surface area contributed by atoms with E-state index in [2.05, 4.69) is 25.4 Å². The predicted molar refractivity (Wildman–Crippen MR) is 134 cm³/mol. The van der Waals surface area contributed by atoms with Gasteiger partial charge in [-0.3, -0.25) is 14.0 Å². The fourth-order valence-corrected chi connectivity index (χ4v) is 4.07. The molecule has 0 aliphatic heterocycles. The molecule has 0 saturated heterocycles. The maximum Gasteiger partial charge on any atom is 0.416 e. The van der Waals surface area contributed by atoms with Crippen LogP contribution in [0.4, 0.5) is 19.1 Å². The zero-order valence-electron chi connectivity index (χ0n) is 20.0. The van der Waals surface area contributed by atoms with E-state index >= 15 is 0 Å². The third-order valence-electron chi connectivity index (χ3n) is 5.86. The molecule has 0 aliphatic carbocycles. The van der Waals surface area contributed by atoms with E-state index in [9.17, 15) is 18.0 Å². The van der Waals surface area contributed by atoms with E-state index < -0.39 is 11.7 Å². The highest BCUT2D eigenvalue weighted by Gasteiger charge is 2.30. The number of hydrogen-bond acceptors (Lipinski definition) is 5. The second kappa shape index (κ2) is 9.92. The van der Waals surface area contributed by atoms with Gasteiger partial charge in [0.25, 0.3) is 5.56 Å². The molecule has 0 radical (unpaired) electrons. The second-order valence-electron chi connectivity index (χ2n) is 8.64. The van der Waals surface area contributed by atoms with Crippen LogP contribution in [-0.2, 0) is 25.8 Å². The number of nitrogens with one attached hydrogen (secondary N) is 2. The summed E-state index contributed by atoms with van der Waals surface area (Å²) in [4.78, 5) is 25.4. The Morgan fingerprint density at radius 3 is 2.57 bits per heavy atom. The van der Waals surface area contributed by atoms with E-state index in [0.29, 0.717) is 36.5 Å². The number of imidazole rings is 1. The first-order valence-corrected chi connectivity index (χ1v) is 11.8.